The van der Waals surface area contributed by atoms with E-state index in [1.165, 1.54) is 5.56 Å². The zero-order chi connectivity index (χ0) is 23.7. The molecular weight excluding hydrogens is 454 g/mol. The predicted molar refractivity (Wildman–Crippen MR) is 127 cm³/mol. The summed E-state index contributed by atoms with van der Waals surface area (Å²) in [5, 5.41) is 10.4. The number of nitrogens with one attached hydrogen (secondary N) is 2. The first-order valence-electron chi connectivity index (χ1n) is 11.3. The van der Waals surface area contributed by atoms with Gasteiger partial charge < -0.3 is 19.7 Å². The van der Waals surface area contributed by atoms with Crippen molar-refractivity contribution in [3.8, 4) is 5.75 Å². The smallest absolute Gasteiger partial charge is 0.322 e. The number of benzene rings is 1. The molecule has 2 atom stereocenters. The highest BCUT2D eigenvalue weighted by molar-refractivity contribution is 7.08. The van der Waals surface area contributed by atoms with Gasteiger partial charge in [0.05, 0.1) is 24.9 Å². The number of carbonyl (C=O) groups excluding carboxylic acids is 1. The van der Waals surface area contributed by atoms with Gasteiger partial charge in [-0.25, -0.2) is 5.10 Å². The number of amides is 1. The average Bonchev–Trinajstić information content (AvgIpc) is 3.42. The molecule has 34 heavy (non-hydrogen) atoms. The zero-order valence-electron chi connectivity index (χ0n) is 19.2. The SMILES string of the molecule is Cc1cc(COc2ccc(C(=O)N[C@@H]3CN(C)CC3c3n[nH]c(=O)s3)cc2)c2c(n1)COCC2. The highest BCUT2D eigenvalue weighted by Gasteiger charge is 2.35. The molecule has 1 aromatic carbocycles. The fourth-order valence-corrected chi connectivity index (χ4v) is 5.41. The molecule has 0 radical (unpaired) electrons. The number of likely N-dealkylation sites (N-methyl/N-ethyl adjacent to an activating group) is 1. The van der Waals surface area contributed by atoms with Crippen LogP contribution in [0.15, 0.2) is 35.1 Å². The van der Waals surface area contributed by atoms with Gasteiger partial charge in [-0.15, -0.1) is 0 Å². The van der Waals surface area contributed by atoms with Gasteiger partial charge in [0, 0.05) is 30.3 Å². The Morgan fingerprint density at radius 2 is 2.15 bits per heavy atom. The van der Waals surface area contributed by atoms with Crippen molar-refractivity contribution >= 4 is 17.2 Å². The Hall–Kier alpha value is -3.08. The fraction of sp³-hybridized carbons (Fsp3) is 0.417. The zero-order valence-corrected chi connectivity index (χ0v) is 20.0. The first-order chi connectivity index (χ1) is 16.5. The molecule has 1 unspecified atom stereocenters. The van der Waals surface area contributed by atoms with Gasteiger partial charge in [0.25, 0.3) is 5.91 Å². The minimum absolute atomic E-state index is 0.0133. The van der Waals surface area contributed by atoms with E-state index in [9.17, 15) is 9.59 Å². The number of H-pyrrole nitrogens is 1. The minimum atomic E-state index is -0.180. The summed E-state index contributed by atoms with van der Waals surface area (Å²) < 4.78 is 11.6. The third kappa shape index (κ3) is 4.89. The number of pyridine rings is 1. The Balaban J connectivity index is 1.23. The van der Waals surface area contributed by atoms with E-state index in [-0.39, 0.29) is 22.7 Å². The second-order valence-corrected chi connectivity index (χ2v) is 9.82. The van der Waals surface area contributed by atoms with Crippen LogP contribution in [0.1, 0.15) is 43.8 Å². The van der Waals surface area contributed by atoms with Gasteiger partial charge >= 0.3 is 4.87 Å². The molecule has 4 heterocycles. The van der Waals surface area contributed by atoms with Crippen molar-refractivity contribution < 1.29 is 14.3 Å². The van der Waals surface area contributed by atoms with Gasteiger partial charge in [0.1, 0.15) is 17.4 Å². The molecule has 2 aliphatic rings. The van der Waals surface area contributed by atoms with E-state index in [1.54, 1.807) is 12.1 Å². The first kappa shape index (κ1) is 22.7. The maximum atomic E-state index is 12.9. The molecular formula is C24H27N5O4S. The lowest BCUT2D eigenvalue weighted by molar-refractivity contribution is 0.0935. The van der Waals surface area contributed by atoms with Crippen molar-refractivity contribution in [2.24, 2.45) is 0 Å². The molecule has 0 aliphatic carbocycles. The van der Waals surface area contributed by atoms with Crippen LogP contribution in [0.4, 0.5) is 0 Å². The normalized spacial score (nSPS) is 20.2. The van der Waals surface area contributed by atoms with E-state index < -0.39 is 0 Å². The van der Waals surface area contributed by atoms with Crippen LogP contribution in [0.3, 0.4) is 0 Å². The quantitative estimate of drug-likeness (QED) is 0.554. The largest absolute Gasteiger partial charge is 0.489 e. The monoisotopic (exact) mass is 481 g/mol. The predicted octanol–water partition coefficient (Wildman–Crippen LogP) is 2.01. The number of ether oxygens (including phenoxy) is 2. The number of aryl methyl sites for hydroxylation is 1. The summed E-state index contributed by atoms with van der Waals surface area (Å²) in [4.78, 5) is 31.0. The molecule has 3 aromatic rings. The Bertz CT molecular complexity index is 1240. The number of hydrogen-bond donors (Lipinski definition) is 2. The van der Waals surface area contributed by atoms with Crippen LogP contribution in [-0.4, -0.2) is 58.8 Å². The maximum absolute atomic E-state index is 12.9. The van der Waals surface area contributed by atoms with E-state index in [1.807, 2.05) is 26.1 Å². The van der Waals surface area contributed by atoms with Crippen LogP contribution in [0, 0.1) is 6.92 Å². The van der Waals surface area contributed by atoms with Crippen LogP contribution in [-0.2, 0) is 24.4 Å². The van der Waals surface area contributed by atoms with Crippen LogP contribution < -0.4 is 14.9 Å². The lowest BCUT2D eigenvalue weighted by Gasteiger charge is -2.20. The van der Waals surface area contributed by atoms with Crippen LogP contribution >= 0.6 is 11.3 Å². The number of rotatable bonds is 6. The number of likely N-dealkylation sites (tertiary alicyclic amines) is 1. The van der Waals surface area contributed by atoms with Gasteiger partial charge in [-0.05, 0) is 61.9 Å². The molecule has 10 heteroatoms. The fourth-order valence-electron chi connectivity index (χ4n) is 4.65. The van der Waals surface area contributed by atoms with Crippen molar-refractivity contribution in [3.63, 3.8) is 0 Å². The summed E-state index contributed by atoms with van der Waals surface area (Å²) in [7, 11) is 2.00. The lowest BCUT2D eigenvalue weighted by atomic mass is 10.0. The summed E-state index contributed by atoms with van der Waals surface area (Å²) in [6.07, 6.45) is 0.840. The van der Waals surface area contributed by atoms with Gasteiger partial charge in [-0.1, -0.05) is 11.3 Å². The molecule has 178 valence electrons. The van der Waals surface area contributed by atoms with Crippen LogP contribution in [0.2, 0.25) is 0 Å². The van der Waals surface area contributed by atoms with E-state index in [0.29, 0.717) is 37.7 Å². The summed E-state index contributed by atoms with van der Waals surface area (Å²) in [5.74, 6) is 0.533. The Kier molecular flexibility index (Phi) is 6.44. The summed E-state index contributed by atoms with van der Waals surface area (Å²) in [6.45, 7) is 5.11. The third-order valence-electron chi connectivity index (χ3n) is 6.27. The molecule has 9 nitrogen and oxygen atoms in total. The molecule has 1 amide bonds. The second kappa shape index (κ2) is 9.65. The van der Waals surface area contributed by atoms with Crippen LogP contribution in [0.25, 0.3) is 0 Å². The summed E-state index contributed by atoms with van der Waals surface area (Å²) >= 11 is 1.10. The second-order valence-electron chi connectivity index (χ2n) is 8.82. The Labute approximate surface area is 201 Å². The van der Waals surface area contributed by atoms with E-state index in [2.05, 4.69) is 31.5 Å². The highest BCUT2D eigenvalue weighted by atomic mass is 32.1. The molecule has 2 aromatic heterocycles. The van der Waals surface area contributed by atoms with Crippen molar-refractivity contribution in [1.82, 2.24) is 25.4 Å². The Morgan fingerprint density at radius 3 is 2.91 bits per heavy atom. The van der Waals surface area contributed by atoms with E-state index in [0.717, 1.165) is 46.3 Å². The molecule has 2 aliphatic heterocycles. The number of carbonyl (C=O) groups is 1. The summed E-state index contributed by atoms with van der Waals surface area (Å²) in [6, 6.07) is 9.12. The highest BCUT2D eigenvalue weighted by Crippen LogP contribution is 2.27. The molecule has 0 saturated carbocycles. The van der Waals surface area contributed by atoms with Gasteiger partial charge in [-0.3, -0.25) is 14.6 Å². The molecule has 2 N–H and O–H groups in total. The van der Waals surface area contributed by atoms with Crippen molar-refractivity contribution in [2.75, 3.05) is 26.7 Å². The van der Waals surface area contributed by atoms with Crippen molar-refractivity contribution in [2.45, 2.75) is 38.5 Å². The molecule has 0 bridgehead atoms. The first-order valence-corrected chi connectivity index (χ1v) is 12.1. The number of aromatic amines is 1. The van der Waals surface area contributed by atoms with Crippen molar-refractivity contribution in [3.05, 3.63) is 73.1 Å². The molecule has 1 fully saturated rings. The Morgan fingerprint density at radius 1 is 1.32 bits per heavy atom. The number of aromatic nitrogens is 3. The topological polar surface area (TPSA) is 109 Å². The van der Waals surface area contributed by atoms with E-state index >= 15 is 0 Å². The minimum Gasteiger partial charge on any atom is -0.489 e. The van der Waals surface area contributed by atoms with Crippen molar-refractivity contribution in [1.29, 1.82) is 0 Å². The summed E-state index contributed by atoms with van der Waals surface area (Å²) in [5.41, 5.74) is 4.85. The van der Waals surface area contributed by atoms with E-state index in [4.69, 9.17) is 9.47 Å². The number of nitrogens with zero attached hydrogens (tertiary/aromatic N) is 3. The lowest BCUT2D eigenvalue weighted by Crippen LogP contribution is -2.39. The third-order valence-corrected chi connectivity index (χ3v) is 7.15. The molecule has 5 rings (SSSR count). The molecule has 1 saturated heterocycles. The number of hydrogen-bond acceptors (Lipinski definition) is 8. The van der Waals surface area contributed by atoms with Crippen LogP contribution in [0.5, 0.6) is 5.75 Å². The van der Waals surface area contributed by atoms with Gasteiger partial charge in [0.2, 0.25) is 0 Å². The maximum Gasteiger partial charge on any atom is 0.322 e. The molecule has 0 spiro atoms. The number of fused-ring (bicyclic) bond motifs is 1. The average molecular weight is 482 g/mol. The standard InChI is InChI=1S/C24H27N5O4S/c1-14-9-16(18-7-8-32-13-21(18)25-14)12-33-17-5-3-15(4-6-17)22(30)26-20-11-29(2)10-19(20)23-27-28-24(31)34-23/h3-6,9,19-20H,7-8,10-13H2,1-2H3,(H,26,30)(H,28,31)/t19?,20-/m1/s1. The van der Waals surface area contributed by atoms with Gasteiger partial charge in [0.15, 0.2) is 0 Å². The van der Waals surface area contributed by atoms with Gasteiger partial charge in [-0.2, -0.15) is 5.10 Å².